The Balaban J connectivity index is 2.40. The van der Waals surface area contributed by atoms with Crippen molar-refractivity contribution in [3.63, 3.8) is 0 Å². The van der Waals surface area contributed by atoms with Crippen LogP contribution in [0.2, 0.25) is 0 Å². The van der Waals surface area contributed by atoms with E-state index in [2.05, 4.69) is 22.3 Å². The molecule has 9 heteroatoms. The summed E-state index contributed by atoms with van der Waals surface area (Å²) in [5.74, 6) is 6.03. The zero-order chi connectivity index (χ0) is 14.9. The van der Waals surface area contributed by atoms with Gasteiger partial charge in [0.05, 0.1) is 0 Å². The van der Waals surface area contributed by atoms with Crippen molar-refractivity contribution in [2.24, 2.45) is 5.84 Å². The number of nitrogen functional groups attached to an aromatic ring is 1. The maximum Gasteiger partial charge on any atom is 0.433 e. The van der Waals surface area contributed by atoms with E-state index < -0.39 is 11.9 Å². The van der Waals surface area contributed by atoms with Crippen molar-refractivity contribution >= 4 is 23.5 Å². The van der Waals surface area contributed by atoms with Crippen LogP contribution >= 0.6 is 11.8 Å². The second-order valence-electron chi connectivity index (χ2n) is 4.59. The summed E-state index contributed by atoms with van der Waals surface area (Å²) in [5, 5.41) is 0.322. The first-order valence-electron chi connectivity index (χ1n) is 6.14. The van der Waals surface area contributed by atoms with Crippen LogP contribution in [0.1, 0.15) is 19.5 Å². The lowest BCUT2D eigenvalue weighted by atomic mass is 10.2. The number of halogens is 3. The number of hydrogen-bond donors (Lipinski definition) is 2. The molecule has 0 aliphatic carbocycles. The lowest BCUT2D eigenvalue weighted by molar-refractivity contribution is -0.141. The largest absolute Gasteiger partial charge is 0.433 e. The van der Waals surface area contributed by atoms with Gasteiger partial charge in [-0.3, -0.25) is 5.43 Å². The summed E-state index contributed by atoms with van der Waals surface area (Å²) >= 11 is 1.80. The van der Waals surface area contributed by atoms with E-state index in [1.807, 2.05) is 11.8 Å². The zero-order valence-corrected chi connectivity index (χ0v) is 11.9. The van der Waals surface area contributed by atoms with Crippen molar-refractivity contribution in [1.29, 1.82) is 0 Å². The zero-order valence-electron chi connectivity index (χ0n) is 11.1. The summed E-state index contributed by atoms with van der Waals surface area (Å²) in [6.45, 7) is 4.67. The minimum Gasteiger partial charge on any atom is -0.352 e. The monoisotopic (exact) mass is 307 g/mol. The molecule has 5 nitrogen and oxygen atoms in total. The molecule has 0 aromatic carbocycles. The fourth-order valence-electron chi connectivity index (χ4n) is 2.05. The summed E-state index contributed by atoms with van der Waals surface area (Å²) in [6, 6.07) is 1.07. The van der Waals surface area contributed by atoms with Crippen LogP contribution in [0.3, 0.4) is 0 Å². The molecule has 0 radical (unpaired) electrons. The van der Waals surface area contributed by atoms with Gasteiger partial charge >= 0.3 is 6.18 Å². The summed E-state index contributed by atoms with van der Waals surface area (Å²) in [6.07, 6.45) is -4.53. The summed E-state index contributed by atoms with van der Waals surface area (Å²) < 4.78 is 38.5. The van der Waals surface area contributed by atoms with E-state index >= 15 is 0 Å². The van der Waals surface area contributed by atoms with E-state index in [1.165, 1.54) is 0 Å². The van der Waals surface area contributed by atoms with Gasteiger partial charge in [0, 0.05) is 29.7 Å². The van der Waals surface area contributed by atoms with Crippen molar-refractivity contribution in [3.8, 4) is 0 Å². The number of nitrogens with two attached hydrogens (primary N) is 1. The molecule has 2 rings (SSSR count). The molecule has 1 saturated heterocycles. The third-order valence-electron chi connectivity index (χ3n) is 3.31. The molecule has 1 aromatic heterocycles. The van der Waals surface area contributed by atoms with Crippen molar-refractivity contribution in [2.45, 2.75) is 31.3 Å². The highest BCUT2D eigenvalue weighted by Crippen LogP contribution is 2.33. The topological polar surface area (TPSA) is 67.1 Å². The Kier molecular flexibility index (Phi) is 4.28. The van der Waals surface area contributed by atoms with Gasteiger partial charge in [-0.25, -0.2) is 10.8 Å². The van der Waals surface area contributed by atoms with Gasteiger partial charge in [-0.15, -0.1) is 0 Å². The van der Waals surface area contributed by atoms with Gasteiger partial charge in [0.1, 0.15) is 5.82 Å². The molecule has 0 saturated carbocycles. The van der Waals surface area contributed by atoms with Crippen molar-refractivity contribution in [1.82, 2.24) is 9.97 Å². The molecule has 112 valence electrons. The third-order valence-corrected chi connectivity index (χ3v) is 4.65. The molecule has 20 heavy (non-hydrogen) atoms. The first kappa shape index (κ1) is 15.2. The van der Waals surface area contributed by atoms with Crippen LogP contribution in [0.5, 0.6) is 0 Å². The van der Waals surface area contributed by atoms with Crippen LogP contribution in [-0.4, -0.2) is 33.6 Å². The number of rotatable bonds is 2. The highest BCUT2D eigenvalue weighted by atomic mass is 32.2. The number of hydrazine groups is 1. The number of alkyl halides is 3. The summed E-state index contributed by atoms with van der Waals surface area (Å²) in [5.41, 5.74) is 1.10. The van der Waals surface area contributed by atoms with E-state index in [4.69, 9.17) is 5.84 Å². The van der Waals surface area contributed by atoms with E-state index in [0.29, 0.717) is 11.8 Å². The molecule has 0 amide bonds. The quantitative estimate of drug-likeness (QED) is 0.644. The number of aromatic nitrogens is 2. The molecule has 1 aliphatic rings. The molecule has 1 fully saturated rings. The Morgan fingerprint density at radius 1 is 1.40 bits per heavy atom. The molecule has 2 unspecified atom stereocenters. The fourth-order valence-corrected chi connectivity index (χ4v) is 3.15. The summed E-state index contributed by atoms with van der Waals surface area (Å²) in [7, 11) is 0. The van der Waals surface area contributed by atoms with Crippen molar-refractivity contribution in [2.75, 3.05) is 22.6 Å². The highest BCUT2D eigenvalue weighted by Gasteiger charge is 2.35. The lowest BCUT2D eigenvalue weighted by Gasteiger charge is -2.38. The van der Waals surface area contributed by atoms with Gasteiger partial charge in [-0.1, -0.05) is 6.92 Å². The number of hydrogen-bond acceptors (Lipinski definition) is 6. The van der Waals surface area contributed by atoms with Crippen LogP contribution in [-0.2, 0) is 6.18 Å². The van der Waals surface area contributed by atoms with Crippen LogP contribution in [0.15, 0.2) is 6.07 Å². The van der Waals surface area contributed by atoms with Gasteiger partial charge in [0.2, 0.25) is 5.95 Å². The van der Waals surface area contributed by atoms with Crippen molar-refractivity contribution in [3.05, 3.63) is 11.8 Å². The molecule has 0 spiro atoms. The molecule has 2 heterocycles. The smallest absolute Gasteiger partial charge is 0.352 e. The third kappa shape index (κ3) is 3.09. The summed E-state index contributed by atoms with van der Waals surface area (Å²) in [4.78, 5) is 9.26. The average Bonchev–Trinajstić information content (AvgIpc) is 2.40. The molecule has 3 N–H and O–H groups in total. The Morgan fingerprint density at radius 3 is 2.70 bits per heavy atom. The average molecular weight is 307 g/mol. The minimum absolute atomic E-state index is 0.0929. The van der Waals surface area contributed by atoms with E-state index in [0.717, 1.165) is 11.8 Å². The van der Waals surface area contributed by atoms with E-state index in [9.17, 15) is 13.2 Å². The Morgan fingerprint density at radius 2 is 2.10 bits per heavy atom. The Labute approximate surface area is 119 Å². The number of nitrogens with zero attached hydrogens (tertiary/aromatic N) is 3. The van der Waals surface area contributed by atoms with Crippen LogP contribution in [0.4, 0.5) is 24.9 Å². The normalized spacial score (nSPS) is 23.8. The second-order valence-corrected chi connectivity index (χ2v) is 6.07. The SMILES string of the molecule is CC1SCCN(c2cc(C(F)(F)F)nc(NN)n2)C1C. The van der Waals surface area contributed by atoms with E-state index in [1.54, 1.807) is 11.8 Å². The predicted molar refractivity (Wildman–Crippen MR) is 73.6 cm³/mol. The molecule has 1 aromatic rings. The highest BCUT2D eigenvalue weighted by molar-refractivity contribution is 8.00. The first-order valence-corrected chi connectivity index (χ1v) is 7.19. The predicted octanol–water partition coefficient (Wildman–Crippen LogP) is 2.11. The number of nitrogens with one attached hydrogen (secondary N) is 1. The number of anilines is 2. The van der Waals surface area contributed by atoms with Crippen molar-refractivity contribution < 1.29 is 13.2 Å². The van der Waals surface area contributed by atoms with Gasteiger partial charge in [0.25, 0.3) is 0 Å². The lowest BCUT2D eigenvalue weighted by Crippen LogP contribution is -2.45. The second kappa shape index (κ2) is 5.65. The van der Waals surface area contributed by atoms with Gasteiger partial charge in [0.15, 0.2) is 5.69 Å². The van der Waals surface area contributed by atoms with E-state index in [-0.39, 0.29) is 17.8 Å². The maximum absolute atomic E-state index is 12.8. The first-order chi connectivity index (χ1) is 9.32. The molecule has 1 aliphatic heterocycles. The Bertz CT molecular complexity index is 482. The number of thioether (sulfide) groups is 1. The molecular formula is C11H16F3N5S. The minimum atomic E-state index is -4.53. The molecular weight excluding hydrogens is 291 g/mol. The van der Waals surface area contributed by atoms with Crippen LogP contribution in [0.25, 0.3) is 0 Å². The fraction of sp³-hybridized carbons (Fsp3) is 0.636. The van der Waals surface area contributed by atoms with Gasteiger partial charge in [-0.2, -0.15) is 29.9 Å². The van der Waals surface area contributed by atoms with Crippen LogP contribution < -0.4 is 16.2 Å². The van der Waals surface area contributed by atoms with Gasteiger partial charge in [-0.05, 0) is 6.92 Å². The molecule has 2 atom stereocenters. The van der Waals surface area contributed by atoms with Crippen LogP contribution in [0, 0.1) is 0 Å². The molecule has 0 bridgehead atoms. The maximum atomic E-state index is 12.8. The Hall–Kier alpha value is -1.22. The van der Waals surface area contributed by atoms with Gasteiger partial charge < -0.3 is 4.90 Å². The standard InChI is InChI=1S/C11H16F3N5S/c1-6-7(2)20-4-3-19(6)9-5-8(11(12,13)14)16-10(17-9)18-15/h5-7H,3-4,15H2,1-2H3,(H,16,17,18).